The lowest BCUT2D eigenvalue weighted by Crippen LogP contribution is -2.00. The average molecular weight is 450 g/mol. The molecule has 0 bridgehead atoms. The van der Waals surface area contributed by atoms with Crippen LogP contribution in [0.4, 0.5) is 4.39 Å². The molecule has 5 rings (SSSR count). The van der Waals surface area contributed by atoms with Gasteiger partial charge in [0.2, 0.25) is 0 Å². The third-order valence-corrected chi connectivity index (χ3v) is 5.91. The van der Waals surface area contributed by atoms with E-state index in [-0.39, 0.29) is 5.82 Å². The normalized spacial score (nSPS) is 10.8. The van der Waals surface area contributed by atoms with Gasteiger partial charge >= 0.3 is 0 Å². The number of benzene rings is 4. The van der Waals surface area contributed by atoms with Gasteiger partial charge in [-0.25, -0.2) is 9.37 Å². The van der Waals surface area contributed by atoms with E-state index < -0.39 is 0 Å². The Bertz CT molecular complexity index is 1360. The molecule has 0 saturated heterocycles. The Morgan fingerprint density at radius 1 is 0.606 bits per heavy atom. The van der Waals surface area contributed by atoms with Gasteiger partial charge in [0.25, 0.3) is 0 Å². The molecule has 5 aromatic rings. The first-order valence-electron chi connectivity index (χ1n) is 10.8. The summed E-state index contributed by atoms with van der Waals surface area (Å²) in [5, 5.41) is 0.719. The van der Waals surface area contributed by atoms with Crippen molar-refractivity contribution in [3.8, 4) is 33.6 Å². The zero-order chi connectivity index (χ0) is 22.6. The second kappa shape index (κ2) is 9.40. The van der Waals surface area contributed by atoms with Gasteiger partial charge in [0, 0.05) is 21.7 Å². The van der Waals surface area contributed by atoms with Gasteiger partial charge in [-0.1, -0.05) is 84.4 Å². The van der Waals surface area contributed by atoms with Gasteiger partial charge in [0.1, 0.15) is 5.82 Å². The van der Waals surface area contributed by atoms with Gasteiger partial charge < -0.3 is 0 Å². The van der Waals surface area contributed by atoms with Crippen LogP contribution in [0, 0.1) is 5.82 Å². The molecule has 0 aliphatic carbocycles. The minimum Gasteiger partial charge on any atom is -0.247 e. The third-order valence-electron chi connectivity index (χ3n) is 5.66. The van der Waals surface area contributed by atoms with Gasteiger partial charge in [-0.15, -0.1) is 0 Å². The van der Waals surface area contributed by atoms with E-state index in [4.69, 9.17) is 16.6 Å². The topological polar surface area (TPSA) is 12.9 Å². The summed E-state index contributed by atoms with van der Waals surface area (Å²) in [6.07, 6.45) is 0.720. The van der Waals surface area contributed by atoms with Crippen molar-refractivity contribution >= 4 is 11.6 Å². The Kier molecular flexibility index (Phi) is 6.01. The first-order valence-corrected chi connectivity index (χ1v) is 11.2. The highest BCUT2D eigenvalue weighted by molar-refractivity contribution is 6.30. The van der Waals surface area contributed by atoms with Crippen LogP contribution in [0.2, 0.25) is 5.02 Å². The third kappa shape index (κ3) is 4.72. The molecule has 0 aliphatic rings. The number of pyridine rings is 1. The Morgan fingerprint density at radius 2 is 1.18 bits per heavy atom. The monoisotopic (exact) mass is 449 g/mol. The quantitative estimate of drug-likeness (QED) is 0.262. The number of hydrogen-bond donors (Lipinski definition) is 0. The molecule has 4 aromatic carbocycles. The number of hydrogen-bond acceptors (Lipinski definition) is 1. The predicted molar refractivity (Wildman–Crippen MR) is 135 cm³/mol. The number of aromatic nitrogens is 1. The number of rotatable bonds is 5. The van der Waals surface area contributed by atoms with Crippen LogP contribution in [-0.2, 0) is 6.42 Å². The lowest BCUT2D eigenvalue weighted by atomic mass is 9.92. The highest BCUT2D eigenvalue weighted by atomic mass is 35.5. The Morgan fingerprint density at radius 3 is 1.82 bits per heavy atom. The minimum atomic E-state index is -0.261. The Hall–Kier alpha value is -3.75. The van der Waals surface area contributed by atoms with Crippen molar-refractivity contribution in [2.45, 2.75) is 6.42 Å². The van der Waals surface area contributed by atoms with E-state index in [2.05, 4.69) is 30.3 Å². The van der Waals surface area contributed by atoms with Crippen LogP contribution in [0.15, 0.2) is 115 Å². The van der Waals surface area contributed by atoms with Crippen LogP contribution >= 0.6 is 11.6 Å². The van der Waals surface area contributed by atoms with E-state index in [0.717, 1.165) is 56.2 Å². The van der Waals surface area contributed by atoms with Crippen molar-refractivity contribution in [3.63, 3.8) is 0 Å². The molecule has 0 N–H and O–H groups in total. The van der Waals surface area contributed by atoms with E-state index in [0.29, 0.717) is 0 Å². The molecule has 1 aromatic heterocycles. The van der Waals surface area contributed by atoms with Crippen LogP contribution in [0.5, 0.6) is 0 Å². The lowest BCUT2D eigenvalue weighted by Gasteiger charge is -2.17. The number of halogens is 2. The van der Waals surface area contributed by atoms with E-state index in [9.17, 15) is 4.39 Å². The molecule has 0 unspecified atom stereocenters. The molecule has 1 nitrogen and oxygen atoms in total. The molecule has 0 saturated carbocycles. The molecule has 0 atom stereocenters. The van der Waals surface area contributed by atoms with Crippen LogP contribution in [-0.4, -0.2) is 4.98 Å². The minimum absolute atomic E-state index is 0.261. The van der Waals surface area contributed by atoms with Gasteiger partial charge in [-0.2, -0.15) is 0 Å². The fraction of sp³-hybridized carbons (Fsp3) is 0.0333. The molecule has 0 fully saturated rings. The van der Waals surface area contributed by atoms with E-state index in [1.54, 1.807) is 12.1 Å². The second-order valence-corrected chi connectivity index (χ2v) is 8.37. The van der Waals surface area contributed by atoms with Crippen molar-refractivity contribution in [2.24, 2.45) is 0 Å². The predicted octanol–water partition coefficient (Wildman–Crippen LogP) is 8.47. The summed E-state index contributed by atoms with van der Waals surface area (Å²) in [4.78, 5) is 5.18. The second-order valence-electron chi connectivity index (χ2n) is 7.93. The molecule has 3 heteroatoms. The first-order chi connectivity index (χ1) is 16.2. The van der Waals surface area contributed by atoms with E-state index >= 15 is 0 Å². The molecular weight excluding hydrogens is 429 g/mol. The number of nitrogens with zero attached hydrogens (tertiary/aromatic N) is 1. The van der Waals surface area contributed by atoms with Gasteiger partial charge in [-0.05, 0) is 65.6 Å². The van der Waals surface area contributed by atoms with Crippen molar-refractivity contribution in [1.82, 2.24) is 4.98 Å². The van der Waals surface area contributed by atoms with Crippen LogP contribution in [0.3, 0.4) is 0 Å². The maximum Gasteiger partial charge on any atom is 0.123 e. The molecule has 160 valence electrons. The van der Waals surface area contributed by atoms with Crippen molar-refractivity contribution in [2.75, 3.05) is 0 Å². The molecule has 0 aliphatic heterocycles. The average Bonchev–Trinajstić information content (AvgIpc) is 2.87. The molecule has 0 spiro atoms. The van der Waals surface area contributed by atoms with Crippen LogP contribution < -0.4 is 0 Å². The highest BCUT2D eigenvalue weighted by Crippen LogP contribution is 2.36. The van der Waals surface area contributed by atoms with E-state index in [1.165, 1.54) is 12.1 Å². The standard InChI is InChI=1S/C30H21ClFN/c31-26-15-11-21(12-16-26)19-25-20-28(22-7-3-1-4-8-22)30(24-13-17-27(32)18-14-24)33-29(25)23-9-5-2-6-10-23/h1-18,20H,19H2. The van der Waals surface area contributed by atoms with Gasteiger partial charge in [-0.3, -0.25) is 0 Å². The summed E-state index contributed by atoms with van der Waals surface area (Å²) >= 11 is 6.11. The summed E-state index contributed by atoms with van der Waals surface area (Å²) in [5.74, 6) is -0.261. The maximum absolute atomic E-state index is 13.7. The summed E-state index contributed by atoms with van der Waals surface area (Å²) in [6, 6.07) is 37.1. The van der Waals surface area contributed by atoms with Crippen molar-refractivity contribution < 1.29 is 4.39 Å². The molecule has 0 amide bonds. The molecule has 1 heterocycles. The molecule has 0 radical (unpaired) electrons. The van der Waals surface area contributed by atoms with Gasteiger partial charge in [0.15, 0.2) is 0 Å². The largest absolute Gasteiger partial charge is 0.247 e. The van der Waals surface area contributed by atoms with Crippen LogP contribution in [0.25, 0.3) is 33.6 Å². The van der Waals surface area contributed by atoms with Crippen LogP contribution in [0.1, 0.15) is 11.1 Å². The van der Waals surface area contributed by atoms with Crippen molar-refractivity contribution in [1.29, 1.82) is 0 Å². The summed E-state index contributed by atoms with van der Waals surface area (Å²) in [6.45, 7) is 0. The Balaban J connectivity index is 1.75. The van der Waals surface area contributed by atoms with Gasteiger partial charge in [0.05, 0.1) is 11.4 Å². The summed E-state index contributed by atoms with van der Waals surface area (Å²) in [7, 11) is 0. The maximum atomic E-state index is 13.7. The smallest absolute Gasteiger partial charge is 0.123 e. The molecular formula is C30H21ClFN. The SMILES string of the molecule is Fc1ccc(-c2nc(-c3ccccc3)c(Cc3ccc(Cl)cc3)cc2-c2ccccc2)cc1. The fourth-order valence-corrected chi connectivity index (χ4v) is 4.15. The lowest BCUT2D eigenvalue weighted by molar-refractivity contribution is 0.628. The first kappa shape index (κ1) is 21.1. The summed E-state index contributed by atoms with van der Waals surface area (Å²) < 4.78 is 13.7. The zero-order valence-corrected chi connectivity index (χ0v) is 18.6. The zero-order valence-electron chi connectivity index (χ0n) is 17.9. The fourth-order valence-electron chi connectivity index (χ4n) is 4.02. The molecule has 33 heavy (non-hydrogen) atoms. The highest BCUT2D eigenvalue weighted by Gasteiger charge is 2.17. The Labute approximate surface area is 198 Å². The van der Waals surface area contributed by atoms with E-state index in [1.807, 2.05) is 60.7 Å². The van der Waals surface area contributed by atoms with Crippen molar-refractivity contribution in [3.05, 3.63) is 137 Å². The summed E-state index contributed by atoms with van der Waals surface area (Å²) in [5.41, 5.74) is 8.05.